The maximum absolute atomic E-state index is 12.2. The van der Waals surface area contributed by atoms with E-state index in [0.717, 1.165) is 5.56 Å². The van der Waals surface area contributed by atoms with Crippen LogP contribution in [0.15, 0.2) is 54.6 Å². The summed E-state index contributed by atoms with van der Waals surface area (Å²) in [6.45, 7) is 1.75. The maximum atomic E-state index is 12.2. The van der Waals surface area contributed by atoms with Gasteiger partial charge in [0.2, 0.25) is 0 Å². The molecule has 152 valence electrons. The molecule has 0 radical (unpaired) electrons. The average molecular weight is 397 g/mol. The molecule has 1 N–H and O–H groups in total. The van der Waals surface area contributed by atoms with Crippen LogP contribution in [0, 0.1) is 0 Å². The Labute approximate surface area is 169 Å². The van der Waals surface area contributed by atoms with Crippen molar-refractivity contribution in [3.8, 4) is 5.75 Å². The van der Waals surface area contributed by atoms with Crippen LogP contribution in [-0.4, -0.2) is 38.2 Å². The SMILES string of the molecule is COC(=O)c1ccc(/C=C/C(=O)O[C@@H](C)C(=O)NCc2ccccc2OC)cc1. The van der Waals surface area contributed by atoms with Crippen molar-refractivity contribution in [1.29, 1.82) is 0 Å². The number of hydrogen-bond donors (Lipinski definition) is 1. The standard InChI is InChI=1S/C22H23NO6/c1-15(21(25)23-14-18-6-4-5-7-19(18)27-2)29-20(24)13-10-16-8-11-17(12-9-16)22(26)28-3/h4-13,15H,14H2,1-3H3,(H,23,25)/b13-10+/t15-/m0/s1. The summed E-state index contributed by atoms with van der Waals surface area (Å²) >= 11 is 0. The first kappa shape index (κ1) is 21.7. The Morgan fingerprint density at radius 1 is 1.03 bits per heavy atom. The van der Waals surface area contributed by atoms with E-state index in [0.29, 0.717) is 16.9 Å². The molecule has 7 heteroatoms. The fourth-order valence-corrected chi connectivity index (χ4v) is 2.45. The first-order valence-corrected chi connectivity index (χ1v) is 8.91. The molecule has 0 heterocycles. The smallest absolute Gasteiger partial charge is 0.337 e. The minimum atomic E-state index is -0.955. The number of methoxy groups -OCH3 is 2. The molecule has 0 bridgehead atoms. The summed E-state index contributed by atoms with van der Waals surface area (Å²) in [5.74, 6) is -0.839. The van der Waals surface area contributed by atoms with Crippen LogP contribution in [0.25, 0.3) is 6.08 Å². The molecule has 0 fully saturated rings. The van der Waals surface area contributed by atoms with E-state index in [2.05, 4.69) is 10.1 Å². The molecule has 0 aliphatic rings. The Morgan fingerprint density at radius 3 is 2.38 bits per heavy atom. The maximum Gasteiger partial charge on any atom is 0.337 e. The Hall–Kier alpha value is -3.61. The van der Waals surface area contributed by atoms with Crippen molar-refractivity contribution in [3.05, 3.63) is 71.3 Å². The summed E-state index contributed by atoms with van der Waals surface area (Å²) in [7, 11) is 2.86. The van der Waals surface area contributed by atoms with E-state index in [1.807, 2.05) is 18.2 Å². The highest BCUT2D eigenvalue weighted by atomic mass is 16.5. The number of amides is 1. The molecule has 2 aromatic carbocycles. The topological polar surface area (TPSA) is 90.9 Å². The van der Waals surface area contributed by atoms with E-state index < -0.39 is 23.9 Å². The third-order valence-electron chi connectivity index (χ3n) is 4.05. The lowest BCUT2D eigenvalue weighted by molar-refractivity contribution is -0.150. The van der Waals surface area contributed by atoms with Crippen molar-refractivity contribution in [2.45, 2.75) is 19.6 Å². The molecule has 1 atom stereocenters. The zero-order valence-electron chi connectivity index (χ0n) is 16.5. The molecular formula is C22H23NO6. The normalized spacial score (nSPS) is 11.6. The molecule has 29 heavy (non-hydrogen) atoms. The fourth-order valence-electron chi connectivity index (χ4n) is 2.45. The van der Waals surface area contributed by atoms with Crippen molar-refractivity contribution in [3.63, 3.8) is 0 Å². The number of carbonyl (C=O) groups excluding carboxylic acids is 3. The molecule has 0 saturated carbocycles. The van der Waals surface area contributed by atoms with E-state index in [9.17, 15) is 14.4 Å². The van der Waals surface area contributed by atoms with Gasteiger partial charge in [0.15, 0.2) is 6.10 Å². The minimum Gasteiger partial charge on any atom is -0.496 e. The molecule has 7 nitrogen and oxygen atoms in total. The highest BCUT2D eigenvalue weighted by molar-refractivity contribution is 5.91. The third kappa shape index (κ3) is 6.49. The van der Waals surface area contributed by atoms with Gasteiger partial charge in [0.25, 0.3) is 5.91 Å². The first-order valence-electron chi connectivity index (χ1n) is 8.91. The number of rotatable bonds is 8. The second kappa shape index (κ2) is 10.7. The zero-order valence-corrected chi connectivity index (χ0v) is 16.5. The summed E-state index contributed by atoms with van der Waals surface area (Å²) in [6.07, 6.45) is 1.79. The van der Waals surface area contributed by atoms with Gasteiger partial charge >= 0.3 is 11.9 Å². The van der Waals surface area contributed by atoms with Gasteiger partial charge in [-0.05, 0) is 36.8 Å². The number of nitrogens with one attached hydrogen (secondary N) is 1. The highest BCUT2D eigenvalue weighted by Crippen LogP contribution is 2.16. The Morgan fingerprint density at radius 2 is 1.72 bits per heavy atom. The molecular weight excluding hydrogens is 374 g/mol. The molecule has 0 spiro atoms. The van der Waals surface area contributed by atoms with Crippen LogP contribution in [0.5, 0.6) is 5.75 Å². The van der Waals surface area contributed by atoms with E-state index in [-0.39, 0.29) is 6.54 Å². The largest absolute Gasteiger partial charge is 0.496 e. The monoisotopic (exact) mass is 397 g/mol. The molecule has 0 unspecified atom stereocenters. The Balaban J connectivity index is 1.85. The summed E-state index contributed by atoms with van der Waals surface area (Å²) in [5, 5.41) is 2.71. The second-order valence-corrected chi connectivity index (χ2v) is 6.06. The van der Waals surface area contributed by atoms with E-state index in [4.69, 9.17) is 9.47 Å². The lowest BCUT2D eigenvalue weighted by Crippen LogP contribution is -2.35. The molecule has 2 rings (SSSR count). The van der Waals surface area contributed by atoms with Crippen LogP contribution in [0.3, 0.4) is 0 Å². The van der Waals surface area contributed by atoms with Gasteiger partial charge in [0.1, 0.15) is 5.75 Å². The lowest BCUT2D eigenvalue weighted by atomic mass is 10.1. The van der Waals surface area contributed by atoms with Crippen LogP contribution >= 0.6 is 0 Å². The summed E-state index contributed by atoms with van der Waals surface area (Å²) < 4.78 is 15.0. The number of benzene rings is 2. The van der Waals surface area contributed by atoms with Gasteiger partial charge in [-0.1, -0.05) is 30.3 Å². The predicted octanol–water partition coefficient (Wildman–Crippen LogP) is 2.74. The van der Waals surface area contributed by atoms with Gasteiger partial charge in [-0.3, -0.25) is 4.79 Å². The first-order chi connectivity index (χ1) is 13.9. The lowest BCUT2D eigenvalue weighted by Gasteiger charge is -2.13. The molecule has 0 aromatic heterocycles. The van der Waals surface area contributed by atoms with Crippen molar-refractivity contribution in [1.82, 2.24) is 5.32 Å². The number of ether oxygens (including phenoxy) is 3. The van der Waals surface area contributed by atoms with Crippen LogP contribution < -0.4 is 10.1 Å². The van der Waals surface area contributed by atoms with Crippen molar-refractivity contribution < 1.29 is 28.6 Å². The zero-order chi connectivity index (χ0) is 21.2. The summed E-state index contributed by atoms with van der Waals surface area (Å²) in [6, 6.07) is 13.8. The average Bonchev–Trinajstić information content (AvgIpc) is 2.75. The highest BCUT2D eigenvalue weighted by Gasteiger charge is 2.16. The van der Waals surface area contributed by atoms with E-state index in [1.165, 1.54) is 26.2 Å². The van der Waals surface area contributed by atoms with Crippen LogP contribution in [0.4, 0.5) is 0 Å². The summed E-state index contributed by atoms with van der Waals surface area (Å²) in [4.78, 5) is 35.5. The van der Waals surface area contributed by atoms with E-state index >= 15 is 0 Å². The number of hydrogen-bond acceptors (Lipinski definition) is 6. The van der Waals surface area contributed by atoms with Crippen LogP contribution in [0.1, 0.15) is 28.4 Å². The third-order valence-corrected chi connectivity index (χ3v) is 4.05. The van der Waals surface area contributed by atoms with Gasteiger partial charge < -0.3 is 19.5 Å². The molecule has 0 saturated heterocycles. The van der Waals surface area contributed by atoms with Gasteiger partial charge in [-0.15, -0.1) is 0 Å². The Kier molecular flexibility index (Phi) is 7.97. The van der Waals surface area contributed by atoms with Crippen molar-refractivity contribution >= 4 is 23.9 Å². The van der Waals surface area contributed by atoms with Crippen molar-refractivity contribution in [2.24, 2.45) is 0 Å². The molecule has 0 aliphatic heterocycles. The number of para-hydroxylation sites is 1. The molecule has 2 aromatic rings. The van der Waals surface area contributed by atoms with Gasteiger partial charge in [0, 0.05) is 18.2 Å². The van der Waals surface area contributed by atoms with Crippen LogP contribution in [-0.2, 0) is 25.6 Å². The minimum absolute atomic E-state index is 0.257. The van der Waals surface area contributed by atoms with Crippen molar-refractivity contribution in [2.75, 3.05) is 14.2 Å². The predicted molar refractivity (Wildman–Crippen MR) is 107 cm³/mol. The van der Waals surface area contributed by atoms with E-state index in [1.54, 1.807) is 37.4 Å². The molecule has 1 amide bonds. The fraction of sp³-hybridized carbons (Fsp3) is 0.227. The van der Waals surface area contributed by atoms with Gasteiger partial charge in [-0.25, -0.2) is 9.59 Å². The number of carbonyl (C=O) groups is 3. The van der Waals surface area contributed by atoms with Gasteiger partial charge in [-0.2, -0.15) is 0 Å². The second-order valence-electron chi connectivity index (χ2n) is 6.06. The quantitative estimate of drug-likeness (QED) is 0.544. The summed E-state index contributed by atoms with van der Waals surface area (Å²) in [5.41, 5.74) is 1.92. The van der Waals surface area contributed by atoms with Gasteiger partial charge in [0.05, 0.1) is 19.8 Å². The molecule has 0 aliphatic carbocycles. The van der Waals surface area contributed by atoms with Crippen LogP contribution in [0.2, 0.25) is 0 Å². The number of esters is 2. The Bertz CT molecular complexity index is 888.